The Balaban J connectivity index is 1.44. The number of benzene rings is 2. The maximum atomic E-state index is 14.9. The Bertz CT molecular complexity index is 1080. The Morgan fingerprint density at radius 1 is 1.06 bits per heavy atom. The molecule has 0 radical (unpaired) electrons. The minimum absolute atomic E-state index is 0.247. The maximum absolute atomic E-state index is 14.9. The fraction of sp³-hybridized carbons (Fsp3) is 0.269. The van der Waals surface area contributed by atoms with E-state index in [4.69, 9.17) is 11.2 Å². The molecule has 2 heterocycles. The van der Waals surface area contributed by atoms with Crippen LogP contribution in [0, 0.1) is 18.2 Å². The van der Waals surface area contributed by atoms with Crippen molar-refractivity contribution in [2.24, 2.45) is 0 Å². The number of halogens is 1. The molecule has 2 aromatic carbocycles. The predicted octanol–water partition coefficient (Wildman–Crippen LogP) is 3.64. The van der Waals surface area contributed by atoms with Crippen molar-refractivity contribution in [3.63, 3.8) is 0 Å². The first-order valence-corrected chi connectivity index (χ1v) is 10.7. The summed E-state index contributed by atoms with van der Waals surface area (Å²) >= 11 is 0. The molecule has 1 atom stereocenters. The molecule has 0 spiro atoms. The van der Waals surface area contributed by atoms with Gasteiger partial charge in [-0.15, -0.1) is 6.42 Å². The second-order valence-corrected chi connectivity index (χ2v) is 7.74. The Morgan fingerprint density at radius 3 is 2.62 bits per heavy atom. The molecule has 0 aliphatic carbocycles. The number of nitrogens with zero attached hydrogens (tertiary/aromatic N) is 3. The third kappa shape index (κ3) is 5.08. The van der Waals surface area contributed by atoms with Crippen molar-refractivity contribution in [1.82, 2.24) is 9.88 Å². The van der Waals surface area contributed by atoms with E-state index in [2.05, 4.69) is 21.9 Å². The van der Waals surface area contributed by atoms with Crippen molar-refractivity contribution in [3.05, 3.63) is 89.5 Å². The van der Waals surface area contributed by atoms with Crippen LogP contribution < -0.4 is 9.64 Å². The highest BCUT2D eigenvalue weighted by atomic mass is 19.1. The quantitative estimate of drug-likeness (QED) is 0.579. The molecule has 0 bridgehead atoms. The van der Waals surface area contributed by atoms with Gasteiger partial charge in [-0.25, -0.2) is 4.39 Å². The third-order valence-electron chi connectivity index (χ3n) is 5.60. The zero-order valence-corrected chi connectivity index (χ0v) is 17.8. The molecule has 1 aliphatic rings. The molecular formula is C26H26FN3O2. The van der Waals surface area contributed by atoms with E-state index < -0.39 is 6.10 Å². The summed E-state index contributed by atoms with van der Waals surface area (Å²) in [6.07, 6.45) is 5.91. The van der Waals surface area contributed by atoms with Gasteiger partial charge in [0.2, 0.25) is 0 Å². The van der Waals surface area contributed by atoms with Gasteiger partial charge in [-0.3, -0.25) is 9.88 Å². The number of ether oxygens (including phenoxy) is 1. The van der Waals surface area contributed by atoms with Crippen molar-refractivity contribution in [3.8, 4) is 18.1 Å². The van der Waals surface area contributed by atoms with E-state index in [0.717, 1.165) is 30.9 Å². The minimum Gasteiger partial charge on any atom is -0.481 e. The molecule has 1 N–H and O–H groups in total. The number of rotatable bonds is 7. The van der Waals surface area contributed by atoms with Gasteiger partial charge in [-0.2, -0.15) is 0 Å². The van der Waals surface area contributed by atoms with Gasteiger partial charge in [0.25, 0.3) is 0 Å². The summed E-state index contributed by atoms with van der Waals surface area (Å²) in [5.74, 6) is 2.91. The highest BCUT2D eigenvalue weighted by Crippen LogP contribution is 2.33. The summed E-state index contributed by atoms with van der Waals surface area (Å²) in [5.41, 5.74) is 2.64. The van der Waals surface area contributed by atoms with E-state index in [9.17, 15) is 9.50 Å². The molecule has 1 aliphatic heterocycles. The van der Waals surface area contributed by atoms with Gasteiger partial charge in [0.05, 0.1) is 11.4 Å². The summed E-state index contributed by atoms with van der Waals surface area (Å²) in [6, 6.07) is 18.1. The third-order valence-corrected chi connectivity index (χ3v) is 5.60. The number of anilines is 1. The topological polar surface area (TPSA) is 48.8 Å². The smallest absolute Gasteiger partial charge is 0.148 e. The summed E-state index contributed by atoms with van der Waals surface area (Å²) < 4.78 is 20.4. The second-order valence-electron chi connectivity index (χ2n) is 7.74. The summed E-state index contributed by atoms with van der Waals surface area (Å²) in [6.45, 7) is 3.91. The van der Waals surface area contributed by atoms with E-state index in [1.165, 1.54) is 6.07 Å². The van der Waals surface area contributed by atoms with Gasteiger partial charge in [0, 0.05) is 44.5 Å². The highest BCUT2D eigenvalue weighted by Gasteiger charge is 2.25. The number of aromatic nitrogens is 1. The molecule has 6 heteroatoms. The highest BCUT2D eigenvalue weighted by molar-refractivity contribution is 5.57. The molecule has 32 heavy (non-hydrogen) atoms. The second kappa shape index (κ2) is 10.3. The molecule has 1 aromatic heterocycles. The Hall–Kier alpha value is -3.40. The number of aliphatic hydroxyl groups is 1. The average Bonchev–Trinajstić information content (AvgIpc) is 2.83. The van der Waals surface area contributed by atoms with Crippen molar-refractivity contribution in [1.29, 1.82) is 0 Å². The van der Waals surface area contributed by atoms with E-state index in [-0.39, 0.29) is 12.4 Å². The lowest BCUT2D eigenvalue weighted by atomic mass is 10.0. The molecule has 5 nitrogen and oxygen atoms in total. The van der Waals surface area contributed by atoms with Crippen LogP contribution in [0.15, 0.2) is 66.9 Å². The molecular weight excluding hydrogens is 405 g/mol. The molecule has 1 saturated heterocycles. The minimum atomic E-state index is -0.981. The van der Waals surface area contributed by atoms with Crippen LogP contribution in [0.3, 0.4) is 0 Å². The predicted molar refractivity (Wildman–Crippen MR) is 123 cm³/mol. The van der Waals surface area contributed by atoms with E-state index in [0.29, 0.717) is 30.0 Å². The lowest BCUT2D eigenvalue weighted by molar-refractivity contribution is 0.213. The van der Waals surface area contributed by atoms with Crippen LogP contribution in [-0.4, -0.2) is 47.8 Å². The van der Waals surface area contributed by atoms with Gasteiger partial charge in [0.1, 0.15) is 24.3 Å². The molecule has 164 valence electrons. The van der Waals surface area contributed by atoms with E-state index in [1.807, 2.05) is 29.2 Å². The fourth-order valence-electron chi connectivity index (χ4n) is 4.03. The number of terminal acetylenes is 1. The largest absolute Gasteiger partial charge is 0.481 e. The molecule has 1 fully saturated rings. The molecule has 0 unspecified atom stereocenters. The Morgan fingerprint density at radius 2 is 1.88 bits per heavy atom. The Kier molecular flexibility index (Phi) is 7.00. The molecule has 0 saturated carbocycles. The van der Waals surface area contributed by atoms with Gasteiger partial charge in [0.15, 0.2) is 0 Å². The Labute approximate surface area is 188 Å². The van der Waals surface area contributed by atoms with Gasteiger partial charge >= 0.3 is 0 Å². The lowest BCUT2D eigenvalue weighted by Crippen LogP contribution is -2.46. The normalized spacial score (nSPS) is 15.2. The zero-order chi connectivity index (χ0) is 22.3. The van der Waals surface area contributed by atoms with Crippen molar-refractivity contribution in [2.75, 3.05) is 37.7 Å². The summed E-state index contributed by atoms with van der Waals surface area (Å²) in [7, 11) is 0. The lowest BCUT2D eigenvalue weighted by Gasteiger charge is -2.37. The van der Waals surface area contributed by atoms with Crippen molar-refractivity contribution >= 4 is 5.69 Å². The SMILES string of the molecule is C#CCOc1cccc(CN2CCN(c3c(F)cccc3[C@H](O)c3ccccn3)CC2)c1. The van der Waals surface area contributed by atoms with Crippen LogP contribution in [0.25, 0.3) is 0 Å². The zero-order valence-electron chi connectivity index (χ0n) is 17.8. The number of pyridine rings is 1. The van der Waals surface area contributed by atoms with Crippen LogP contribution >= 0.6 is 0 Å². The summed E-state index contributed by atoms with van der Waals surface area (Å²) in [5, 5.41) is 10.9. The van der Waals surface area contributed by atoms with Gasteiger partial charge in [-0.05, 0) is 35.9 Å². The van der Waals surface area contributed by atoms with Crippen molar-refractivity contribution < 1.29 is 14.2 Å². The van der Waals surface area contributed by atoms with Gasteiger partial charge < -0.3 is 14.7 Å². The van der Waals surface area contributed by atoms with Crippen LogP contribution in [0.2, 0.25) is 0 Å². The number of para-hydroxylation sites is 1. The fourth-order valence-corrected chi connectivity index (χ4v) is 4.03. The molecule has 4 rings (SSSR count). The van der Waals surface area contributed by atoms with Crippen LogP contribution in [0.4, 0.5) is 10.1 Å². The first-order valence-electron chi connectivity index (χ1n) is 10.7. The van der Waals surface area contributed by atoms with Crippen LogP contribution in [-0.2, 0) is 6.54 Å². The first-order chi connectivity index (χ1) is 15.7. The van der Waals surface area contributed by atoms with E-state index >= 15 is 0 Å². The monoisotopic (exact) mass is 431 g/mol. The number of hydrogen-bond donors (Lipinski definition) is 1. The number of aliphatic hydroxyl groups excluding tert-OH is 1. The maximum Gasteiger partial charge on any atom is 0.148 e. The first kappa shape index (κ1) is 21.8. The molecule has 0 amide bonds. The van der Waals surface area contributed by atoms with Crippen LogP contribution in [0.5, 0.6) is 5.75 Å². The average molecular weight is 432 g/mol. The summed E-state index contributed by atoms with van der Waals surface area (Å²) in [4.78, 5) is 8.57. The number of piperazine rings is 1. The van der Waals surface area contributed by atoms with Crippen molar-refractivity contribution in [2.45, 2.75) is 12.6 Å². The molecule has 3 aromatic rings. The number of hydrogen-bond acceptors (Lipinski definition) is 5. The van der Waals surface area contributed by atoms with Gasteiger partial charge in [-0.1, -0.05) is 36.3 Å². The van der Waals surface area contributed by atoms with E-state index in [1.54, 1.807) is 30.5 Å². The standard InChI is InChI=1S/C26H26FN3O2/c1-2-17-32-21-8-5-7-20(18-21)19-29-13-15-30(16-14-29)25-22(9-6-10-23(25)27)26(31)24-11-3-4-12-28-24/h1,3-12,18,26,31H,13-17,19H2/t26-/m0/s1. The van der Waals surface area contributed by atoms with Crippen LogP contribution in [0.1, 0.15) is 22.9 Å².